The Morgan fingerprint density at radius 2 is 1.78 bits per heavy atom. The lowest BCUT2D eigenvalue weighted by Gasteiger charge is -2.17. The van der Waals surface area contributed by atoms with Gasteiger partial charge < -0.3 is 19.9 Å². The maximum Gasteiger partial charge on any atom is 0.326 e. The molecule has 0 fully saturated rings. The van der Waals surface area contributed by atoms with Crippen molar-refractivity contribution in [2.24, 2.45) is 0 Å². The smallest absolute Gasteiger partial charge is 0.326 e. The molecule has 2 aromatic carbocycles. The number of carboxylic acid groups (broad SMARTS) is 1. The molecule has 0 aliphatic carbocycles. The molecular formula is C20H18INO5. The molecule has 0 aromatic heterocycles. The van der Waals surface area contributed by atoms with Crippen LogP contribution in [-0.2, 0) is 11.2 Å². The molecule has 0 spiro atoms. The van der Waals surface area contributed by atoms with Gasteiger partial charge in [-0.15, -0.1) is 0 Å². The first-order valence-corrected chi connectivity index (χ1v) is 9.44. The molecule has 7 heteroatoms. The number of ether oxygens (including phenoxy) is 2. The Morgan fingerprint density at radius 3 is 2.48 bits per heavy atom. The maximum atomic E-state index is 12.6. The molecule has 0 saturated heterocycles. The van der Waals surface area contributed by atoms with Gasteiger partial charge in [-0.05, 0) is 64.6 Å². The minimum atomic E-state index is -1.10. The minimum absolute atomic E-state index is 0.167. The van der Waals surface area contributed by atoms with Crippen LogP contribution in [0.3, 0.4) is 0 Å². The standard InChI is InChI=1S/C20H18INO5/c21-15-11-13-7-8-18(15)27-10-4-3-9-26-17-6-2-1-5-14(17)19(23)22-16(12-13)20(24)25/h1-8,11,16H,9-10,12H2,(H,22,23)(H,24,25)/b4-3+/t16-/m0/s1. The van der Waals surface area contributed by atoms with Crippen LogP contribution in [0.4, 0.5) is 0 Å². The van der Waals surface area contributed by atoms with Gasteiger partial charge in [0.15, 0.2) is 0 Å². The lowest BCUT2D eigenvalue weighted by molar-refractivity contribution is -0.139. The van der Waals surface area contributed by atoms with Gasteiger partial charge in [0.25, 0.3) is 5.91 Å². The van der Waals surface area contributed by atoms with Crippen LogP contribution in [0.25, 0.3) is 0 Å². The summed E-state index contributed by atoms with van der Waals surface area (Å²) in [6.45, 7) is 0.657. The first kappa shape index (κ1) is 19.2. The fourth-order valence-corrected chi connectivity index (χ4v) is 3.39. The summed E-state index contributed by atoms with van der Waals surface area (Å²) >= 11 is 2.15. The van der Waals surface area contributed by atoms with Gasteiger partial charge in [-0.1, -0.05) is 18.2 Å². The number of rotatable bonds is 1. The normalized spacial score (nSPS) is 18.6. The third kappa shape index (κ3) is 5.00. The number of hydrogen-bond donors (Lipinski definition) is 2. The first-order chi connectivity index (χ1) is 13.0. The second-order valence-corrected chi connectivity index (χ2v) is 7.08. The largest absolute Gasteiger partial charge is 0.489 e. The van der Waals surface area contributed by atoms with E-state index in [4.69, 9.17) is 9.47 Å². The number of hydrogen-bond acceptors (Lipinski definition) is 4. The van der Waals surface area contributed by atoms with Gasteiger partial charge in [0.2, 0.25) is 0 Å². The van der Waals surface area contributed by atoms with Crippen molar-refractivity contribution in [1.29, 1.82) is 0 Å². The fourth-order valence-electron chi connectivity index (χ4n) is 2.65. The number of carbonyl (C=O) groups is 2. The van der Waals surface area contributed by atoms with Crippen LogP contribution in [0, 0.1) is 3.57 Å². The number of carbonyl (C=O) groups excluding carboxylic acids is 1. The van der Waals surface area contributed by atoms with Crippen LogP contribution < -0.4 is 14.8 Å². The third-order valence-electron chi connectivity index (χ3n) is 4.01. The molecule has 2 aliphatic rings. The summed E-state index contributed by atoms with van der Waals surface area (Å²) in [4.78, 5) is 24.3. The van der Waals surface area contributed by atoms with E-state index in [1.165, 1.54) is 0 Å². The van der Waals surface area contributed by atoms with E-state index in [1.54, 1.807) is 24.3 Å². The van der Waals surface area contributed by atoms with Crippen LogP contribution >= 0.6 is 22.6 Å². The average molecular weight is 479 g/mol. The summed E-state index contributed by atoms with van der Waals surface area (Å²) in [6.07, 6.45) is 3.82. The van der Waals surface area contributed by atoms with Crippen molar-refractivity contribution in [3.63, 3.8) is 0 Å². The van der Waals surface area contributed by atoms with Gasteiger partial charge in [-0.25, -0.2) is 4.79 Å². The van der Waals surface area contributed by atoms with E-state index in [-0.39, 0.29) is 13.0 Å². The number of para-hydroxylation sites is 1. The van der Waals surface area contributed by atoms with Crippen molar-refractivity contribution >= 4 is 34.5 Å². The molecule has 2 N–H and O–H groups in total. The first-order valence-electron chi connectivity index (χ1n) is 8.36. The van der Waals surface area contributed by atoms with E-state index in [2.05, 4.69) is 27.9 Å². The van der Waals surface area contributed by atoms with Gasteiger partial charge >= 0.3 is 5.97 Å². The van der Waals surface area contributed by atoms with Gasteiger partial charge in [-0.3, -0.25) is 4.79 Å². The highest BCUT2D eigenvalue weighted by molar-refractivity contribution is 14.1. The Kier molecular flexibility index (Phi) is 6.33. The highest BCUT2D eigenvalue weighted by Gasteiger charge is 2.23. The number of carboxylic acids is 1. The van der Waals surface area contributed by atoms with Crippen molar-refractivity contribution in [3.8, 4) is 11.5 Å². The predicted octanol–water partition coefficient (Wildman–Crippen LogP) is 3.04. The van der Waals surface area contributed by atoms with Gasteiger partial charge in [0.05, 0.1) is 9.13 Å². The molecule has 140 valence electrons. The zero-order valence-corrected chi connectivity index (χ0v) is 16.5. The van der Waals surface area contributed by atoms with Crippen LogP contribution in [0.15, 0.2) is 54.6 Å². The van der Waals surface area contributed by atoms with Crippen LogP contribution in [-0.4, -0.2) is 36.2 Å². The van der Waals surface area contributed by atoms with E-state index in [0.29, 0.717) is 17.9 Å². The quantitative estimate of drug-likeness (QED) is 0.486. The lowest BCUT2D eigenvalue weighted by atomic mass is 10.0. The zero-order valence-electron chi connectivity index (χ0n) is 14.4. The molecule has 27 heavy (non-hydrogen) atoms. The van der Waals surface area contributed by atoms with E-state index in [9.17, 15) is 14.7 Å². The van der Waals surface area contributed by atoms with Crippen molar-refractivity contribution in [3.05, 3.63) is 69.3 Å². The van der Waals surface area contributed by atoms with E-state index in [1.807, 2.05) is 30.4 Å². The van der Waals surface area contributed by atoms with Crippen LogP contribution in [0.5, 0.6) is 11.5 Å². The Balaban J connectivity index is 1.94. The van der Waals surface area contributed by atoms with Crippen LogP contribution in [0.2, 0.25) is 0 Å². The second kappa shape index (κ2) is 8.90. The predicted molar refractivity (Wildman–Crippen MR) is 108 cm³/mol. The number of benzene rings is 2. The second-order valence-electron chi connectivity index (χ2n) is 5.92. The molecule has 6 nitrogen and oxygen atoms in total. The summed E-state index contributed by atoms with van der Waals surface area (Å²) in [5, 5.41) is 12.1. The molecule has 0 saturated carbocycles. The summed E-state index contributed by atoms with van der Waals surface area (Å²) in [7, 11) is 0. The molecule has 1 atom stereocenters. The summed E-state index contributed by atoms with van der Waals surface area (Å²) < 4.78 is 12.2. The van der Waals surface area contributed by atoms with E-state index < -0.39 is 17.9 Å². The SMILES string of the molecule is O=C1N[C@H](C(=O)O)Cc2ccc(c(I)c2)OC/C=C/COc2ccccc21. The minimum Gasteiger partial charge on any atom is -0.489 e. The Labute approximate surface area is 170 Å². The summed E-state index contributed by atoms with van der Waals surface area (Å²) in [5.41, 5.74) is 1.09. The molecule has 2 heterocycles. The highest BCUT2D eigenvalue weighted by atomic mass is 127. The highest BCUT2D eigenvalue weighted by Crippen LogP contribution is 2.23. The van der Waals surface area contributed by atoms with Crippen molar-refractivity contribution < 1.29 is 24.2 Å². The number of amides is 1. The molecule has 2 aliphatic heterocycles. The topological polar surface area (TPSA) is 84.9 Å². The molecular weight excluding hydrogens is 461 g/mol. The molecule has 4 rings (SSSR count). The number of fused-ring (bicyclic) bond motifs is 9. The summed E-state index contributed by atoms with van der Waals surface area (Å²) in [5.74, 6) is -0.460. The van der Waals surface area contributed by atoms with E-state index in [0.717, 1.165) is 14.9 Å². The summed E-state index contributed by atoms with van der Waals surface area (Å²) in [6, 6.07) is 11.2. The molecule has 0 unspecified atom stereocenters. The Bertz CT molecular complexity index is 880. The monoisotopic (exact) mass is 479 g/mol. The lowest BCUT2D eigenvalue weighted by Crippen LogP contribution is -2.42. The third-order valence-corrected chi connectivity index (χ3v) is 4.85. The maximum absolute atomic E-state index is 12.6. The zero-order chi connectivity index (χ0) is 19.2. The van der Waals surface area contributed by atoms with Gasteiger partial charge in [0.1, 0.15) is 30.8 Å². The fraction of sp³-hybridized carbons (Fsp3) is 0.200. The van der Waals surface area contributed by atoms with Crippen molar-refractivity contribution in [2.45, 2.75) is 12.5 Å². The van der Waals surface area contributed by atoms with E-state index >= 15 is 0 Å². The number of aliphatic carboxylic acids is 1. The molecule has 2 bridgehead atoms. The number of nitrogens with one attached hydrogen (secondary N) is 1. The average Bonchev–Trinajstić information content (AvgIpc) is 2.64. The molecule has 1 amide bonds. The Morgan fingerprint density at radius 1 is 1.07 bits per heavy atom. The Hall–Kier alpha value is -2.55. The van der Waals surface area contributed by atoms with Gasteiger partial charge in [-0.2, -0.15) is 0 Å². The molecule has 0 radical (unpaired) electrons. The number of halogens is 1. The van der Waals surface area contributed by atoms with Crippen LogP contribution in [0.1, 0.15) is 15.9 Å². The molecule has 2 aromatic rings. The van der Waals surface area contributed by atoms with Crippen molar-refractivity contribution in [1.82, 2.24) is 5.32 Å². The van der Waals surface area contributed by atoms with Crippen molar-refractivity contribution in [2.75, 3.05) is 13.2 Å². The van der Waals surface area contributed by atoms with Gasteiger partial charge in [0, 0.05) is 6.42 Å².